The molecule has 1 heterocycles. The molecule has 0 saturated carbocycles. The minimum absolute atomic E-state index is 0.0523. The van der Waals surface area contributed by atoms with Crippen LogP contribution in [0.2, 0.25) is 0 Å². The Hall–Kier alpha value is -2.60. The monoisotopic (exact) mass is 523 g/mol. The number of nitrogens with one attached hydrogen (secondary N) is 2. The summed E-state index contributed by atoms with van der Waals surface area (Å²) in [6, 6.07) is 8.97. The molecule has 1 unspecified atom stereocenters. The molecule has 2 rings (SSSR count). The van der Waals surface area contributed by atoms with E-state index in [-0.39, 0.29) is 42.2 Å². The van der Waals surface area contributed by atoms with Gasteiger partial charge in [-0.25, -0.2) is 18.1 Å². The molecular formula is C22H33N7O4S2. The molecule has 2 N–H and O–H groups in total. The molecule has 192 valence electrons. The maximum Gasteiger partial charge on any atom is 0.249 e. The molecule has 0 spiro atoms. The van der Waals surface area contributed by atoms with Gasteiger partial charge in [0.1, 0.15) is 0 Å². The summed E-state index contributed by atoms with van der Waals surface area (Å²) in [6.07, 6.45) is 0.152. The number of amidine groups is 1. The van der Waals surface area contributed by atoms with Gasteiger partial charge in [-0.05, 0) is 29.3 Å². The second-order valence-electron chi connectivity index (χ2n) is 10.2. The average molecular weight is 524 g/mol. The maximum atomic E-state index is 13.5. The van der Waals surface area contributed by atoms with Crippen LogP contribution in [0.15, 0.2) is 40.5 Å². The van der Waals surface area contributed by atoms with Gasteiger partial charge in [0.25, 0.3) is 0 Å². The number of hydrazone groups is 1. The van der Waals surface area contributed by atoms with Crippen LogP contribution in [0.1, 0.15) is 53.5 Å². The van der Waals surface area contributed by atoms with Crippen LogP contribution in [0.3, 0.4) is 0 Å². The molecule has 0 radical (unpaired) electrons. The Balaban J connectivity index is 2.49. The van der Waals surface area contributed by atoms with Gasteiger partial charge >= 0.3 is 0 Å². The van der Waals surface area contributed by atoms with Gasteiger partial charge in [0, 0.05) is 22.3 Å². The summed E-state index contributed by atoms with van der Waals surface area (Å²) in [5.41, 5.74) is 7.51. The predicted octanol–water partition coefficient (Wildman–Crippen LogP) is 3.51. The molecule has 35 heavy (non-hydrogen) atoms. The minimum atomic E-state index is -3.77. The number of carbonyl (C=O) groups excluding carboxylic acids is 2. The summed E-state index contributed by atoms with van der Waals surface area (Å²) in [5.74, 6) is -0.866. The van der Waals surface area contributed by atoms with Gasteiger partial charge in [-0.3, -0.25) is 9.59 Å². The second-order valence-corrected chi connectivity index (χ2v) is 13.4. The number of azide groups is 1. The fourth-order valence-electron chi connectivity index (χ4n) is 3.00. The Morgan fingerprint density at radius 3 is 2.31 bits per heavy atom. The number of hydrogen-bond donors (Lipinski definition) is 2. The quantitative estimate of drug-likeness (QED) is 0.231. The third kappa shape index (κ3) is 7.44. The number of benzene rings is 1. The van der Waals surface area contributed by atoms with Crippen LogP contribution in [0.5, 0.6) is 0 Å². The molecular weight excluding hydrogens is 490 g/mol. The summed E-state index contributed by atoms with van der Waals surface area (Å²) in [6.45, 7) is 10.4. The lowest BCUT2D eigenvalue weighted by molar-refractivity contribution is -0.143. The first-order valence-electron chi connectivity index (χ1n) is 11.1. The topological polar surface area (TPSA) is 157 Å². The fraction of sp³-hybridized carbons (Fsp3) is 0.591. The minimum Gasteiger partial charge on any atom is -0.303 e. The Labute approximate surface area is 210 Å². The summed E-state index contributed by atoms with van der Waals surface area (Å²) < 4.78 is 28.0. The smallest absolute Gasteiger partial charge is 0.249 e. The van der Waals surface area contributed by atoms with Gasteiger partial charge in [0.05, 0.1) is 12.3 Å². The molecule has 0 fully saturated rings. The number of amides is 2. The van der Waals surface area contributed by atoms with Crippen LogP contribution >= 0.6 is 11.8 Å². The first kappa shape index (κ1) is 28.6. The maximum absolute atomic E-state index is 13.5. The standard InChI is InChI=1S/C22H33N7O4S2/c1-20(2,3)17(30)26-19-27-29(18(31)21(4,5)6)22(34-19,16-11-8-7-9-12-16)15-25-35(32,33)14-10-13-24-28-23/h7-9,11-12,25H,10,13-15H2,1-6H3,(H,26,27,30). The molecule has 13 heteroatoms. The van der Waals surface area contributed by atoms with Crippen molar-refractivity contribution in [2.45, 2.75) is 52.8 Å². The lowest BCUT2D eigenvalue weighted by Gasteiger charge is -2.38. The molecule has 1 aliphatic rings. The van der Waals surface area contributed by atoms with Crippen LogP contribution in [0, 0.1) is 10.8 Å². The van der Waals surface area contributed by atoms with Crippen LogP contribution in [0.25, 0.3) is 10.4 Å². The Morgan fingerprint density at radius 1 is 1.14 bits per heavy atom. The third-order valence-electron chi connectivity index (χ3n) is 5.03. The van der Waals surface area contributed by atoms with E-state index in [0.29, 0.717) is 5.56 Å². The van der Waals surface area contributed by atoms with Crippen LogP contribution in [-0.4, -0.2) is 49.3 Å². The van der Waals surface area contributed by atoms with E-state index in [1.807, 2.05) is 6.07 Å². The highest BCUT2D eigenvalue weighted by molar-refractivity contribution is 8.14. The fourth-order valence-corrected chi connectivity index (χ4v) is 5.37. The van der Waals surface area contributed by atoms with Crippen molar-refractivity contribution in [2.24, 2.45) is 21.0 Å². The lowest BCUT2D eigenvalue weighted by Crippen LogP contribution is -2.52. The molecule has 1 atom stereocenters. The van der Waals surface area contributed by atoms with Crippen molar-refractivity contribution in [3.8, 4) is 0 Å². The van der Waals surface area contributed by atoms with Crippen molar-refractivity contribution in [2.75, 3.05) is 18.8 Å². The van der Waals surface area contributed by atoms with Gasteiger partial charge < -0.3 is 5.32 Å². The number of thioether (sulfide) groups is 1. The highest BCUT2D eigenvalue weighted by Crippen LogP contribution is 2.46. The SMILES string of the molecule is CC(C)(C)C(=O)NC1=NN(C(=O)C(C)(C)C)C(CNS(=O)(=O)CCCN=[N+]=[N-])(c2ccccc2)S1. The van der Waals surface area contributed by atoms with Crippen molar-refractivity contribution < 1.29 is 18.0 Å². The van der Waals surface area contributed by atoms with Crippen molar-refractivity contribution in [1.82, 2.24) is 15.0 Å². The normalized spacial score (nSPS) is 18.6. The van der Waals surface area contributed by atoms with E-state index in [1.165, 1.54) is 5.01 Å². The van der Waals surface area contributed by atoms with E-state index >= 15 is 0 Å². The number of hydrogen-bond acceptors (Lipinski definition) is 7. The van der Waals surface area contributed by atoms with Crippen LogP contribution in [0.4, 0.5) is 0 Å². The zero-order valence-corrected chi connectivity index (χ0v) is 22.5. The third-order valence-corrected chi connectivity index (χ3v) is 7.70. The van der Waals surface area contributed by atoms with Crippen LogP contribution < -0.4 is 10.0 Å². The summed E-state index contributed by atoms with van der Waals surface area (Å²) in [4.78, 5) is 27.6. The Bertz CT molecular complexity index is 1120. The molecule has 1 aromatic rings. The number of sulfonamides is 1. The zero-order valence-electron chi connectivity index (χ0n) is 20.9. The van der Waals surface area contributed by atoms with E-state index in [2.05, 4.69) is 25.2 Å². The van der Waals surface area contributed by atoms with Crippen molar-refractivity contribution in [3.63, 3.8) is 0 Å². The first-order valence-corrected chi connectivity index (χ1v) is 13.6. The van der Waals surface area contributed by atoms with Gasteiger partial charge in [0.2, 0.25) is 21.8 Å². The van der Waals surface area contributed by atoms with E-state index in [4.69, 9.17) is 5.53 Å². The largest absolute Gasteiger partial charge is 0.303 e. The molecule has 11 nitrogen and oxygen atoms in total. The predicted molar refractivity (Wildman–Crippen MR) is 137 cm³/mol. The van der Waals surface area contributed by atoms with Gasteiger partial charge in [-0.15, -0.1) is 5.10 Å². The number of nitrogens with zero attached hydrogens (tertiary/aromatic N) is 5. The van der Waals surface area contributed by atoms with Crippen molar-refractivity contribution in [1.29, 1.82) is 0 Å². The number of rotatable bonds is 8. The molecule has 1 aliphatic heterocycles. The van der Waals surface area contributed by atoms with Gasteiger partial charge in [-0.1, -0.05) is 77.0 Å². The van der Waals surface area contributed by atoms with Crippen LogP contribution in [-0.2, 0) is 24.5 Å². The molecule has 0 aromatic heterocycles. The van der Waals surface area contributed by atoms with E-state index in [1.54, 1.807) is 65.8 Å². The Kier molecular flexibility index (Phi) is 8.99. The number of carbonyl (C=O) groups is 2. The summed E-state index contributed by atoms with van der Waals surface area (Å²) in [7, 11) is -3.77. The average Bonchev–Trinajstić information content (AvgIpc) is 3.13. The van der Waals surface area contributed by atoms with Crippen molar-refractivity contribution in [3.05, 3.63) is 46.3 Å². The van der Waals surface area contributed by atoms with Gasteiger partial charge in [-0.2, -0.15) is 0 Å². The lowest BCUT2D eigenvalue weighted by atomic mass is 9.93. The van der Waals surface area contributed by atoms with E-state index < -0.39 is 25.7 Å². The van der Waals surface area contributed by atoms with E-state index in [0.717, 1.165) is 11.8 Å². The second kappa shape index (κ2) is 11.0. The van der Waals surface area contributed by atoms with Crippen molar-refractivity contribution >= 4 is 38.8 Å². The first-order chi connectivity index (χ1) is 16.1. The van der Waals surface area contributed by atoms with E-state index in [9.17, 15) is 18.0 Å². The highest BCUT2D eigenvalue weighted by Gasteiger charge is 2.51. The summed E-state index contributed by atoms with van der Waals surface area (Å²) in [5, 5.41) is 12.1. The highest BCUT2D eigenvalue weighted by atomic mass is 32.2. The molecule has 0 aliphatic carbocycles. The summed E-state index contributed by atoms with van der Waals surface area (Å²) >= 11 is 1.11. The molecule has 0 saturated heterocycles. The zero-order chi connectivity index (χ0) is 26.5. The molecule has 1 aromatic carbocycles. The Morgan fingerprint density at radius 2 is 1.77 bits per heavy atom. The van der Waals surface area contributed by atoms with Gasteiger partial charge in [0.15, 0.2) is 10.0 Å². The molecule has 2 amide bonds. The molecule has 0 bridgehead atoms.